The molecule has 3 nitrogen and oxygen atoms in total. The lowest BCUT2D eigenvalue weighted by molar-refractivity contribution is -0.138. The van der Waals surface area contributed by atoms with Crippen LogP contribution in [0.1, 0.15) is 46.0 Å². The van der Waals surface area contributed by atoms with Crippen LogP contribution in [0.3, 0.4) is 0 Å². The van der Waals surface area contributed by atoms with Gasteiger partial charge in [-0.2, -0.15) is 0 Å². The summed E-state index contributed by atoms with van der Waals surface area (Å²) in [6, 6.07) is 0. The van der Waals surface area contributed by atoms with Gasteiger partial charge in [0.05, 0.1) is 6.10 Å². The highest BCUT2D eigenvalue weighted by molar-refractivity contribution is 5.66. The molecule has 86 valence electrons. The van der Waals surface area contributed by atoms with E-state index in [1.807, 2.05) is 0 Å². The van der Waals surface area contributed by atoms with Crippen LogP contribution in [-0.2, 0) is 4.79 Å². The Morgan fingerprint density at radius 3 is 2.53 bits per heavy atom. The molecule has 2 aliphatic rings. The fourth-order valence-electron chi connectivity index (χ4n) is 3.86. The Labute approximate surface area is 90.5 Å². The molecule has 0 aliphatic heterocycles. The third-order valence-corrected chi connectivity index (χ3v) is 5.32. The number of rotatable bonds is 3. The zero-order valence-corrected chi connectivity index (χ0v) is 9.49. The van der Waals surface area contributed by atoms with Crippen LogP contribution in [-0.4, -0.2) is 22.3 Å². The van der Waals surface area contributed by atoms with Crippen molar-refractivity contribution in [2.24, 2.45) is 16.7 Å². The van der Waals surface area contributed by atoms with Crippen molar-refractivity contribution in [2.75, 3.05) is 0 Å². The van der Waals surface area contributed by atoms with Crippen LogP contribution < -0.4 is 0 Å². The van der Waals surface area contributed by atoms with Gasteiger partial charge in [0.2, 0.25) is 0 Å². The maximum atomic E-state index is 10.7. The van der Waals surface area contributed by atoms with Gasteiger partial charge < -0.3 is 10.2 Å². The molecule has 0 heterocycles. The quantitative estimate of drug-likeness (QED) is 0.752. The van der Waals surface area contributed by atoms with Gasteiger partial charge in [-0.25, -0.2) is 0 Å². The molecule has 0 spiro atoms. The number of fused-ring (bicyclic) bond motifs is 2. The molecule has 0 radical (unpaired) electrons. The fraction of sp³-hybridized carbons (Fsp3) is 0.917. The van der Waals surface area contributed by atoms with Crippen LogP contribution in [0.15, 0.2) is 0 Å². The van der Waals surface area contributed by atoms with Crippen molar-refractivity contribution >= 4 is 5.97 Å². The van der Waals surface area contributed by atoms with Gasteiger partial charge in [0.25, 0.3) is 0 Å². The summed E-state index contributed by atoms with van der Waals surface area (Å²) in [5, 5.41) is 18.8. The number of carbonyl (C=O) groups is 1. The van der Waals surface area contributed by atoms with E-state index in [-0.39, 0.29) is 23.4 Å². The minimum atomic E-state index is -0.722. The van der Waals surface area contributed by atoms with E-state index in [1.165, 1.54) is 0 Å². The average Bonchev–Trinajstić information content (AvgIpc) is 2.50. The second-order valence-corrected chi connectivity index (χ2v) is 5.72. The first-order valence-electron chi connectivity index (χ1n) is 5.80. The van der Waals surface area contributed by atoms with Crippen molar-refractivity contribution in [2.45, 2.75) is 52.1 Å². The summed E-state index contributed by atoms with van der Waals surface area (Å²) in [6.07, 6.45) is 3.79. The Hall–Kier alpha value is -0.570. The van der Waals surface area contributed by atoms with Gasteiger partial charge in [0.1, 0.15) is 0 Å². The monoisotopic (exact) mass is 212 g/mol. The van der Waals surface area contributed by atoms with Gasteiger partial charge in [-0.05, 0) is 42.4 Å². The third kappa shape index (κ3) is 1.32. The number of aliphatic carboxylic acids is 1. The minimum Gasteiger partial charge on any atom is -0.481 e. The van der Waals surface area contributed by atoms with E-state index in [0.717, 1.165) is 19.3 Å². The summed E-state index contributed by atoms with van der Waals surface area (Å²) in [5.41, 5.74) is -0.0159. The van der Waals surface area contributed by atoms with Gasteiger partial charge >= 0.3 is 5.97 Å². The molecule has 0 saturated heterocycles. The Kier molecular flexibility index (Phi) is 2.34. The fourth-order valence-corrected chi connectivity index (χ4v) is 3.86. The van der Waals surface area contributed by atoms with E-state index in [2.05, 4.69) is 13.8 Å². The summed E-state index contributed by atoms with van der Waals surface area (Å²) >= 11 is 0. The Morgan fingerprint density at radius 1 is 1.47 bits per heavy atom. The number of carboxylic acids is 1. The molecular formula is C12H20O3. The van der Waals surface area contributed by atoms with E-state index in [4.69, 9.17) is 5.11 Å². The minimum absolute atomic E-state index is 0.0325. The zero-order valence-electron chi connectivity index (χ0n) is 9.49. The van der Waals surface area contributed by atoms with Crippen LogP contribution in [0.25, 0.3) is 0 Å². The maximum Gasteiger partial charge on any atom is 0.303 e. The molecule has 15 heavy (non-hydrogen) atoms. The summed E-state index contributed by atoms with van der Waals surface area (Å²) < 4.78 is 0. The zero-order chi connectivity index (χ0) is 11.3. The number of hydrogen-bond acceptors (Lipinski definition) is 2. The molecule has 0 aromatic carbocycles. The maximum absolute atomic E-state index is 10.7. The van der Waals surface area contributed by atoms with Gasteiger partial charge in [0.15, 0.2) is 0 Å². The number of carboxylic acid groups (broad SMARTS) is 1. The van der Waals surface area contributed by atoms with Gasteiger partial charge in [-0.1, -0.05) is 13.8 Å². The Morgan fingerprint density at radius 2 is 2.13 bits per heavy atom. The topological polar surface area (TPSA) is 57.5 Å². The number of aliphatic hydroxyl groups is 1. The van der Waals surface area contributed by atoms with Gasteiger partial charge in [-0.15, -0.1) is 0 Å². The van der Waals surface area contributed by atoms with Crippen LogP contribution in [0.4, 0.5) is 0 Å². The second-order valence-electron chi connectivity index (χ2n) is 5.72. The second kappa shape index (κ2) is 3.21. The molecule has 2 rings (SSSR count). The molecule has 0 aromatic heterocycles. The summed E-state index contributed by atoms with van der Waals surface area (Å²) in [4.78, 5) is 10.7. The van der Waals surface area contributed by atoms with E-state index >= 15 is 0 Å². The highest BCUT2D eigenvalue weighted by Crippen LogP contribution is 2.67. The van der Waals surface area contributed by atoms with Crippen LogP contribution in [0, 0.1) is 16.7 Å². The first kappa shape index (κ1) is 10.9. The van der Waals surface area contributed by atoms with E-state index in [9.17, 15) is 9.90 Å². The van der Waals surface area contributed by atoms with E-state index < -0.39 is 5.97 Å². The molecule has 0 amide bonds. The SMILES string of the molecule is C[C@@]1(CCC(=O)O)[C@H]2CC[C@]1(C)[C@H](O)C2. The predicted octanol–water partition coefficient (Wildman–Crippen LogP) is 2.04. The molecule has 2 saturated carbocycles. The molecule has 2 fully saturated rings. The average molecular weight is 212 g/mol. The number of hydrogen-bond donors (Lipinski definition) is 2. The lowest BCUT2D eigenvalue weighted by atomic mass is 9.66. The smallest absolute Gasteiger partial charge is 0.303 e. The standard InChI is InChI=1S/C12H20O3/c1-11(6-4-10(14)15)8-3-5-12(11,2)9(13)7-8/h8-9,13H,3-7H2,1-2H3,(H,14,15)/t8-,9+,11+,12+/m0/s1. The highest BCUT2D eigenvalue weighted by Gasteiger charge is 2.62. The lowest BCUT2D eigenvalue weighted by Crippen LogP contribution is -2.37. The van der Waals surface area contributed by atoms with Crippen molar-refractivity contribution < 1.29 is 15.0 Å². The molecule has 2 aliphatic carbocycles. The normalized spacial score (nSPS) is 48.5. The molecule has 0 aromatic rings. The lowest BCUT2D eigenvalue weighted by Gasteiger charge is -2.39. The van der Waals surface area contributed by atoms with E-state index in [0.29, 0.717) is 12.3 Å². The third-order valence-electron chi connectivity index (χ3n) is 5.32. The molecule has 2 N–H and O–H groups in total. The summed E-state index contributed by atoms with van der Waals surface area (Å²) in [7, 11) is 0. The van der Waals surface area contributed by atoms with Gasteiger partial charge in [-0.3, -0.25) is 4.79 Å². The molecule has 0 unspecified atom stereocenters. The molecule has 2 bridgehead atoms. The summed E-state index contributed by atoms with van der Waals surface area (Å²) in [5.74, 6) is -0.197. The van der Waals surface area contributed by atoms with Crippen molar-refractivity contribution in [1.29, 1.82) is 0 Å². The molecular weight excluding hydrogens is 192 g/mol. The predicted molar refractivity (Wildman–Crippen MR) is 56.4 cm³/mol. The van der Waals surface area contributed by atoms with E-state index in [1.54, 1.807) is 0 Å². The highest BCUT2D eigenvalue weighted by atomic mass is 16.4. The van der Waals surface area contributed by atoms with Crippen molar-refractivity contribution in [3.05, 3.63) is 0 Å². The van der Waals surface area contributed by atoms with Crippen molar-refractivity contribution in [1.82, 2.24) is 0 Å². The summed E-state index contributed by atoms with van der Waals surface area (Å²) in [6.45, 7) is 4.30. The van der Waals surface area contributed by atoms with Crippen molar-refractivity contribution in [3.63, 3.8) is 0 Å². The molecule has 3 heteroatoms. The largest absolute Gasteiger partial charge is 0.481 e. The first-order chi connectivity index (χ1) is 6.90. The first-order valence-corrected chi connectivity index (χ1v) is 5.80. The van der Waals surface area contributed by atoms with Gasteiger partial charge in [0, 0.05) is 6.42 Å². The van der Waals surface area contributed by atoms with Crippen LogP contribution in [0.5, 0.6) is 0 Å². The Bertz CT molecular complexity index is 289. The number of aliphatic hydroxyl groups excluding tert-OH is 1. The van der Waals surface area contributed by atoms with Crippen LogP contribution >= 0.6 is 0 Å². The Balaban J connectivity index is 2.17. The van der Waals surface area contributed by atoms with Crippen LogP contribution in [0.2, 0.25) is 0 Å². The van der Waals surface area contributed by atoms with Crippen molar-refractivity contribution in [3.8, 4) is 0 Å². The molecule has 4 atom stereocenters.